The zero-order chi connectivity index (χ0) is 11.0. The van der Waals surface area contributed by atoms with E-state index in [-0.39, 0.29) is 0 Å². The maximum Gasteiger partial charge on any atom is 0.0709 e. The first-order chi connectivity index (χ1) is 7.84. The van der Waals surface area contributed by atoms with Crippen molar-refractivity contribution < 1.29 is 0 Å². The van der Waals surface area contributed by atoms with Crippen molar-refractivity contribution in [2.75, 3.05) is 0 Å². The lowest BCUT2D eigenvalue weighted by atomic mass is 10.0. The Morgan fingerprint density at radius 2 is 2.12 bits per heavy atom. The first-order valence-corrected chi connectivity index (χ1v) is 5.67. The number of benzene rings is 1. The van der Waals surface area contributed by atoms with Gasteiger partial charge in [0, 0.05) is 27.8 Å². The highest BCUT2D eigenvalue weighted by Gasteiger charge is 2.05. The molecule has 4 heteroatoms. The van der Waals surface area contributed by atoms with E-state index in [4.69, 9.17) is 0 Å². The van der Waals surface area contributed by atoms with Crippen molar-refractivity contribution in [3.8, 4) is 11.1 Å². The zero-order valence-corrected chi connectivity index (χ0v) is 9.90. The molecule has 0 aliphatic heterocycles. The van der Waals surface area contributed by atoms with Crippen LogP contribution in [-0.2, 0) is 0 Å². The summed E-state index contributed by atoms with van der Waals surface area (Å²) >= 11 is 3.48. The molecule has 3 nitrogen and oxygen atoms in total. The molecular weight excluding hydrogens is 266 g/mol. The molecule has 1 N–H and O–H groups in total. The highest BCUT2D eigenvalue weighted by molar-refractivity contribution is 9.10. The number of nitrogens with zero attached hydrogens (tertiary/aromatic N) is 2. The lowest BCUT2D eigenvalue weighted by Crippen LogP contribution is -1.82. The van der Waals surface area contributed by atoms with Gasteiger partial charge in [0.1, 0.15) is 0 Å². The van der Waals surface area contributed by atoms with E-state index in [0.717, 1.165) is 26.5 Å². The monoisotopic (exact) mass is 273 g/mol. The van der Waals surface area contributed by atoms with Crippen molar-refractivity contribution in [2.45, 2.75) is 0 Å². The third-order valence-corrected chi connectivity index (χ3v) is 3.01. The van der Waals surface area contributed by atoms with E-state index in [9.17, 15) is 0 Å². The minimum atomic E-state index is 0.988. The normalized spacial score (nSPS) is 10.8. The summed E-state index contributed by atoms with van der Waals surface area (Å²) in [5.74, 6) is 0. The smallest absolute Gasteiger partial charge is 0.0709 e. The van der Waals surface area contributed by atoms with Gasteiger partial charge in [-0.3, -0.25) is 10.1 Å². The molecular formula is C12H8BrN3. The van der Waals surface area contributed by atoms with E-state index in [1.54, 1.807) is 0 Å². The molecule has 0 spiro atoms. The molecule has 3 rings (SSSR count). The summed E-state index contributed by atoms with van der Waals surface area (Å²) in [5, 5.41) is 7.92. The summed E-state index contributed by atoms with van der Waals surface area (Å²) in [6, 6.07) is 8.07. The number of hydrogen-bond acceptors (Lipinski definition) is 2. The van der Waals surface area contributed by atoms with Crippen molar-refractivity contribution in [2.24, 2.45) is 0 Å². The number of fused-ring (bicyclic) bond motifs is 1. The van der Waals surface area contributed by atoms with Gasteiger partial charge >= 0.3 is 0 Å². The minimum Gasteiger partial charge on any atom is -0.285 e. The highest BCUT2D eigenvalue weighted by Crippen LogP contribution is 2.28. The van der Waals surface area contributed by atoms with Gasteiger partial charge in [-0.2, -0.15) is 5.10 Å². The number of H-pyrrole nitrogens is 1. The van der Waals surface area contributed by atoms with E-state index in [1.807, 2.05) is 36.8 Å². The molecule has 0 fully saturated rings. The summed E-state index contributed by atoms with van der Waals surface area (Å²) in [7, 11) is 0. The van der Waals surface area contributed by atoms with E-state index in [0.29, 0.717) is 0 Å². The third-order valence-electron chi connectivity index (χ3n) is 2.51. The van der Waals surface area contributed by atoms with Gasteiger partial charge in [-0.25, -0.2) is 0 Å². The minimum absolute atomic E-state index is 0.988. The molecule has 0 amide bonds. The average Bonchev–Trinajstić information content (AvgIpc) is 2.81. The second-order valence-corrected chi connectivity index (χ2v) is 4.42. The summed E-state index contributed by atoms with van der Waals surface area (Å²) in [5.41, 5.74) is 3.20. The van der Waals surface area contributed by atoms with Crippen LogP contribution in [0.15, 0.2) is 47.3 Å². The van der Waals surface area contributed by atoms with Crippen LogP contribution in [0.3, 0.4) is 0 Å². The molecule has 0 unspecified atom stereocenters. The summed E-state index contributed by atoms with van der Waals surface area (Å²) < 4.78 is 1.05. The fourth-order valence-electron chi connectivity index (χ4n) is 1.77. The van der Waals surface area contributed by atoms with Crippen LogP contribution in [0.2, 0.25) is 0 Å². The molecule has 0 aliphatic carbocycles. The lowest BCUT2D eigenvalue weighted by Gasteiger charge is -2.03. The van der Waals surface area contributed by atoms with Gasteiger partial charge in [0.15, 0.2) is 0 Å². The summed E-state index contributed by atoms with van der Waals surface area (Å²) in [6.07, 6.45) is 5.52. The van der Waals surface area contributed by atoms with Gasteiger partial charge in [0.25, 0.3) is 0 Å². The number of hydrogen-bond donors (Lipinski definition) is 1. The van der Waals surface area contributed by atoms with Crippen LogP contribution in [0.1, 0.15) is 0 Å². The topological polar surface area (TPSA) is 41.6 Å². The number of aromatic amines is 1. The quantitative estimate of drug-likeness (QED) is 0.739. The maximum absolute atomic E-state index is 4.34. The van der Waals surface area contributed by atoms with Crippen molar-refractivity contribution in [1.29, 1.82) is 0 Å². The SMILES string of the molecule is Brc1ccc2nccc(-c3cn[nH]c3)c2c1. The van der Waals surface area contributed by atoms with Crippen molar-refractivity contribution in [1.82, 2.24) is 15.2 Å². The van der Waals surface area contributed by atoms with E-state index >= 15 is 0 Å². The van der Waals surface area contributed by atoms with E-state index in [1.165, 1.54) is 0 Å². The Morgan fingerprint density at radius 3 is 2.94 bits per heavy atom. The van der Waals surface area contributed by atoms with Gasteiger partial charge < -0.3 is 0 Å². The molecule has 0 saturated carbocycles. The number of pyridine rings is 1. The molecule has 0 saturated heterocycles. The van der Waals surface area contributed by atoms with Crippen molar-refractivity contribution >= 4 is 26.8 Å². The Kier molecular flexibility index (Phi) is 2.22. The Balaban J connectivity index is 2.36. The molecule has 2 heterocycles. The first kappa shape index (κ1) is 9.54. The van der Waals surface area contributed by atoms with E-state index < -0.39 is 0 Å². The average molecular weight is 274 g/mol. The molecule has 0 bridgehead atoms. The van der Waals surface area contributed by atoms with Gasteiger partial charge in [0.2, 0.25) is 0 Å². The number of rotatable bonds is 1. The van der Waals surface area contributed by atoms with E-state index in [2.05, 4.69) is 37.2 Å². The van der Waals surface area contributed by atoms with Crippen molar-refractivity contribution in [3.63, 3.8) is 0 Å². The van der Waals surface area contributed by atoms with Crippen LogP contribution < -0.4 is 0 Å². The van der Waals surface area contributed by atoms with Crippen LogP contribution in [0.4, 0.5) is 0 Å². The van der Waals surface area contributed by atoms with Crippen molar-refractivity contribution in [3.05, 3.63) is 47.3 Å². The van der Waals surface area contributed by atoms with Crippen LogP contribution in [-0.4, -0.2) is 15.2 Å². The van der Waals surface area contributed by atoms with Gasteiger partial charge in [0.05, 0.1) is 11.7 Å². The summed E-state index contributed by atoms with van der Waals surface area (Å²) in [4.78, 5) is 4.34. The molecule has 0 atom stereocenters. The molecule has 2 aromatic heterocycles. The molecule has 16 heavy (non-hydrogen) atoms. The van der Waals surface area contributed by atoms with Crippen LogP contribution in [0.5, 0.6) is 0 Å². The van der Waals surface area contributed by atoms with Crippen LogP contribution in [0.25, 0.3) is 22.0 Å². The molecule has 0 aliphatic rings. The summed E-state index contributed by atoms with van der Waals surface area (Å²) in [6.45, 7) is 0. The van der Waals surface area contributed by atoms with Crippen LogP contribution >= 0.6 is 15.9 Å². The Labute approximate surface area is 101 Å². The molecule has 3 aromatic rings. The second-order valence-electron chi connectivity index (χ2n) is 3.51. The fourth-order valence-corrected chi connectivity index (χ4v) is 2.13. The third kappa shape index (κ3) is 1.51. The predicted octanol–water partition coefficient (Wildman–Crippen LogP) is 3.39. The molecule has 78 valence electrons. The highest BCUT2D eigenvalue weighted by atomic mass is 79.9. The second kappa shape index (κ2) is 3.72. The largest absolute Gasteiger partial charge is 0.285 e. The number of nitrogens with one attached hydrogen (secondary N) is 1. The zero-order valence-electron chi connectivity index (χ0n) is 8.31. The van der Waals surface area contributed by atoms with Crippen LogP contribution in [0, 0.1) is 0 Å². The van der Waals surface area contributed by atoms with Gasteiger partial charge in [-0.1, -0.05) is 15.9 Å². The number of aromatic nitrogens is 3. The maximum atomic E-state index is 4.34. The Hall–Kier alpha value is -1.68. The first-order valence-electron chi connectivity index (χ1n) is 4.88. The molecule has 0 radical (unpaired) electrons. The lowest BCUT2D eigenvalue weighted by molar-refractivity contribution is 1.09. The van der Waals surface area contributed by atoms with Gasteiger partial charge in [-0.05, 0) is 29.8 Å². The Bertz CT molecular complexity index is 632. The van der Waals surface area contributed by atoms with Gasteiger partial charge in [-0.15, -0.1) is 0 Å². The number of halogens is 1. The molecule has 1 aromatic carbocycles. The standard InChI is InChI=1S/C12H8BrN3/c13-9-1-2-12-11(5-9)10(3-4-14-12)8-6-15-16-7-8/h1-7H,(H,15,16). The fraction of sp³-hybridized carbons (Fsp3) is 0. The Morgan fingerprint density at radius 1 is 1.19 bits per heavy atom. The predicted molar refractivity (Wildman–Crippen MR) is 67.0 cm³/mol.